The van der Waals surface area contributed by atoms with Crippen molar-refractivity contribution in [1.29, 1.82) is 0 Å². The predicted octanol–water partition coefficient (Wildman–Crippen LogP) is 1.55. The molecule has 0 aromatic heterocycles. The fourth-order valence-electron chi connectivity index (χ4n) is 1.58. The molecule has 0 aliphatic carbocycles. The average molecular weight is 266 g/mol. The summed E-state index contributed by atoms with van der Waals surface area (Å²) in [5, 5.41) is -0.756. The first-order chi connectivity index (χ1) is 7.38. The monoisotopic (exact) mass is 266 g/mol. The normalized spacial score (nSPS) is 15.7. The Balaban J connectivity index is 4.71. The molecule has 3 N–H and O–H groups in total. The fraction of sp³-hybridized carbons (Fsp3) is 0.900. The van der Waals surface area contributed by atoms with Crippen LogP contribution in [0.2, 0.25) is 0 Å². The molecule has 96 valence electrons. The van der Waals surface area contributed by atoms with Crippen molar-refractivity contribution in [3.8, 4) is 0 Å². The van der Waals surface area contributed by atoms with Crippen LogP contribution in [0.1, 0.15) is 46.5 Å². The van der Waals surface area contributed by atoms with Crippen LogP contribution in [0.3, 0.4) is 0 Å². The van der Waals surface area contributed by atoms with Crippen LogP contribution in [0, 0.1) is 0 Å². The number of nitrogens with two attached hydrogens (primary N) is 1. The lowest BCUT2D eigenvalue weighted by atomic mass is 10.1. The van der Waals surface area contributed by atoms with Crippen LogP contribution in [-0.2, 0) is 10.0 Å². The zero-order valence-corrected chi connectivity index (χ0v) is 11.8. The topological polar surface area (TPSA) is 72.2 Å². The number of rotatable bonds is 8. The average Bonchev–Trinajstić information content (AvgIpc) is 2.16. The van der Waals surface area contributed by atoms with Crippen LogP contribution < -0.4 is 10.5 Å². The molecule has 0 rings (SSSR count). The lowest BCUT2D eigenvalue weighted by Gasteiger charge is -2.20. The van der Waals surface area contributed by atoms with E-state index in [2.05, 4.69) is 4.72 Å². The zero-order valence-electron chi connectivity index (χ0n) is 10.2. The van der Waals surface area contributed by atoms with Crippen LogP contribution >= 0.6 is 12.2 Å². The van der Waals surface area contributed by atoms with Gasteiger partial charge in [-0.05, 0) is 19.3 Å². The lowest BCUT2D eigenvalue weighted by Crippen LogP contribution is -2.45. The van der Waals surface area contributed by atoms with Gasteiger partial charge in [0.05, 0.1) is 4.99 Å². The van der Waals surface area contributed by atoms with Crippen LogP contribution in [0.5, 0.6) is 0 Å². The van der Waals surface area contributed by atoms with E-state index in [0.29, 0.717) is 6.42 Å². The summed E-state index contributed by atoms with van der Waals surface area (Å²) < 4.78 is 26.6. The number of nitrogens with one attached hydrogen (secondary N) is 1. The molecule has 0 aliphatic rings. The first-order valence-corrected chi connectivity index (χ1v) is 7.64. The number of sulfonamides is 1. The van der Waals surface area contributed by atoms with Gasteiger partial charge in [0.1, 0.15) is 5.25 Å². The van der Waals surface area contributed by atoms with E-state index in [0.717, 1.165) is 19.3 Å². The molecule has 0 aromatic rings. The molecule has 0 spiro atoms. The molecule has 0 bridgehead atoms. The summed E-state index contributed by atoms with van der Waals surface area (Å²) in [5.74, 6) is 0. The second kappa shape index (κ2) is 7.19. The summed E-state index contributed by atoms with van der Waals surface area (Å²) in [6.45, 7) is 5.76. The highest BCUT2D eigenvalue weighted by atomic mass is 32.2. The van der Waals surface area contributed by atoms with E-state index in [4.69, 9.17) is 18.0 Å². The van der Waals surface area contributed by atoms with Crippen molar-refractivity contribution >= 4 is 27.2 Å². The van der Waals surface area contributed by atoms with Gasteiger partial charge >= 0.3 is 0 Å². The van der Waals surface area contributed by atoms with Crippen LogP contribution in [0.15, 0.2) is 0 Å². The van der Waals surface area contributed by atoms with Gasteiger partial charge < -0.3 is 5.73 Å². The largest absolute Gasteiger partial charge is 0.392 e. The van der Waals surface area contributed by atoms with Gasteiger partial charge in [-0.1, -0.05) is 39.4 Å². The van der Waals surface area contributed by atoms with E-state index in [9.17, 15) is 8.42 Å². The summed E-state index contributed by atoms with van der Waals surface area (Å²) in [6, 6.07) is -0.0154. The van der Waals surface area contributed by atoms with Gasteiger partial charge in [0.2, 0.25) is 10.0 Å². The summed E-state index contributed by atoms with van der Waals surface area (Å²) >= 11 is 4.78. The van der Waals surface area contributed by atoms with Crippen molar-refractivity contribution in [2.24, 2.45) is 5.73 Å². The van der Waals surface area contributed by atoms with Crippen LogP contribution in [0.4, 0.5) is 0 Å². The minimum atomic E-state index is -3.42. The Morgan fingerprint density at radius 2 is 1.88 bits per heavy atom. The molecule has 0 saturated heterocycles. The van der Waals surface area contributed by atoms with Gasteiger partial charge in [0, 0.05) is 6.04 Å². The van der Waals surface area contributed by atoms with E-state index in [1.807, 2.05) is 13.8 Å². The van der Waals surface area contributed by atoms with E-state index in [1.54, 1.807) is 6.92 Å². The Kier molecular flexibility index (Phi) is 7.10. The van der Waals surface area contributed by atoms with Gasteiger partial charge in [-0.15, -0.1) is 0 Å². The second-order valence-electron chi connectivity index (χ2n) is 3.86. The van der Waals surface area contributed by atoms with Gasteiger partial charge in [-0.3, -0.25) is 0 Å². The summed E-state index contributed by atoms with van der Waals surface area (Å²) in [4.78, 5) is 0.0429. The highest BCUT2D eigenvalue weighted by molar-refractivity contribution is 7.93. The summed E-state index contributed by atoms with van der Waals surface area (Å²) in [7, 11) is -3.42. The highest BCUT2D eigenvalue weighted by Gasteiger charge is 2.28. The van der Waals surface area contributed by atoms with E-state index in [1.165, 1.54) is 0 Å². The molecule has 0 radical (unpaired) electrons. The molecule has 2 unspecified atom stereocenters. The Bertz CT molecular complexity index is 315. The minimum Gasteiger partial charge on any atom is -0.392 e. The third-order valence-corrected chi connectivity index (χ3v) is 4.96. The van der Waals surface area contributed by atoms with E-state index >= 15 is 0 Å². The Hall–Kier alpha value is -0.200. The second-order valence-corrected chi connectivity index (χ2v) is 6.22. The van der Waals surface area contributed by atoms with Crippen molar-refractivity contribution in [3.63, 3.8) is 0 Å². The number of hydrogen-bond acceptors (Lipinski definition) is 3. The maximum atomic E-state index is 12.0. The molecule has 0 heterocycles. The number of thiocarbonyl (C=S) groups is 1. The maximum absolute atomic E-state index is 12.0. The molecule has 16 heavy (non-hydrogen) atoms. The smallest absolute Gasteiger partial charge is 0.221 e. The zero-order chi connectivity index (χ0) is 12.8. The molecule has 0 amide bonds. The predicted molar refractivity (Wildman–Crippen MR) is 71.9 cm³/mol. The van der Waals surface area contributed by atoms with Crippen LogP contribution in [0.25, 0.3) is 0 Å². The Labute approximate surface area is 104 Å². The summed E-state index contributed by atoms with van der Waals surface area (Å²) in [5.41, 5.74) is 5.44. The first kappa shape index (κ1) is 15.8. The van der Waals surface area contributed by atoms with Crippen molar-refractivity contribution < 1.29 is 8.42 Å². The third kappa shape index (κ3) is 4.76. The maximum Gasteiger partial charge on any atom is 0.221 e. The number of hydrogen-bond donors (Lipinski definition) is 2. The highest BCUT2D eigenvalue weighted by Crippen LogP contribution is 2.09. The first-order valence-electron chi connectivity index (χ1n) is 5.69. The van der Waals surface area contributed by atoms with Crippen molar-refractivity contribution in [1.82, 2.24) is 4.72 Å². The standard InChI is InChI=1S/C10H22N2O2S2/c1-4-7-8(5-2)12-16(13,14)9(6-3)10(11)15/h8-9,12H,4-7H2,1-3H3,(H2,11,15). The van der Waals surface area contributed by atoms with Gasteiger partial charge in [-0.25, -0.2) is 13.1 Å². The van der Waals surface area contributed by atoms with Crippen molar-refractivity contribution in [2.75, 3.05) is 0 Å². The molecule has 0 aliphatic heterocycles. The third-order valence-electron chi connectivity index (χ3n) is 2.52. The fourth-order valence-corrected chi connectivity index (χ4v) is 3.79. The van der Waals surface area contributed by atoms with Crippen molar-refractivity contribution in [3.05, 3.63) is 0 Å². The van der Waals surface area contributed by atoms with E-state index < -0.39 is 15.3 Å². The lowest BCUT2D eigenvalue weighted by molar-refractivity contribution is 0.509. The molecular weight excluding hydrogens is 244 g/mol. The van der Waals surface area contributed by atoms with Gasteiger partial charge in [0.15, 0.2) is 0 Å². The van der Waals surface area contributed by atoms with Gasteiger partial charge in [0.25, 0.3) is 0 Å². The molecule has 0 saturated carbocycles. The Morgan fingerprint density at radius 3 is 2.19 bits per heavy atom. The molecule has 6 heteroatoms. The minimum absolute atomic E-state index is 0.0154. The van der Waals surface area contributed by atoms with Crippen LogP contribution in [-0.4, -0.2) is 24.7 Å². The Morgan fingerprint density at radius 1 is 1.31 bits per heavy atom. The molecule has 4 nitrogen and oxygen atoms in total. The van der Waals surface area contributed by atoms with E-state index in [-0.39, 0.29) is 11.0 Å². The SMILES string of the molecule is CCCC(CC)NS(=O)(=O)C(CC)C(N)=S. The molecule has 0 fully saturated rings. The molecule has 0 aromatic carbocycles. The molecule has 2 atom stereocenters. The quantitative estimate of drug-likeness (QED) is 0.654. The molecular formula is C10H22N2O2S2. The van der Waals surface area contributed by atoms with Gasteiger partial charge in [-0.2, -0.15) is 0 Å². The van der Waals surface area contributed by atoms with Crippen molar-refractivity contribution in [2.45, 2.75) is 57.7 Å². The summed E-state index contributed by atoms with van der Waals surface area (Å²) in [6.07, 6.45) is 2.97.